The lowest BCUT2D eigenvalue weighted by Crippen LogP contribution is -2.39. The van der Waals surface area contributed by atoms with E-state index in [1.165, 1.54) is 32.2 Å². The number of hydrogen-bond donors (Lipinski definition) is 1. The van der Waals surface area contributed by atoms with E-state index in [2.05, 4.69) is 28.8 Å². The quantitative estimate of drug-likeness (QED) is 0.889. The standard InChI is InChI=1S/C15H25N5/c1-3-20-8-4-5-12(20)10-19(2)14-9-13(16)17-15(18-14)11-6-7-11/h9,11-12H,3-8,10H2,1-2H3,(H2,16,17,18). The summed E-state index contributed by atoms with van der Waals surface area (Å²) in [5.74, 6) is 3.06. The summed E-state index contributed by atoms with van der Waals surface area (Å²) < 4.78 is 0. The van der Waals surface area contributed by atoms with Crippen molar-refractivity contribution in [3.8, 4) is 0 Å². The lowest BCUT2D eigenvalue weighted by molar-refractivity contribution is 0.270. The van der Waals surface area contributed by atoms with E-state index in [0.717, 1.165) is 24.7 Å². The Kier molecular flexibility index (Phi) is 3.78. The molecule has 0 aromatic carbocycles. The molecular weight excluding hydrogens is 250 g/mol. The molecule has 110 valence electrons. The molecule has 20 heavy (non-hydrogen) atoms. The third-order valence-electron chi connectivity index (χ3n) is 4.47. The van der Waals surface area contributed by atoms with Gasteiger partial charge in [0.2, 0.25) is 0 Å². The summed E-state index contributed by atoms with van der Waals surface area (Å²) in [6.07, 6.45) is 5.01. The van der Waals surface area contributed by atoms with Crippen LogP contribution < -0.4 is 10.6 Å². The van der Waals surface area contributed by atoms with Crippen LogP contribution in [-0.2, 0) is 0 Å². The summed E-state index contributed by atoms with van der Waals surface area (Å²) in [5, 5.41) is 0. The van der Waals surface area contributed by atoms with Crippen molar-refractivity contribution in [2.24, 2.45) is 0 Å². The Balaban J connectivity index is 1.71. The second kappa shape index (κ2) is 5.56. The van der Waals surface area contributed by atoms with Crippen LogP contribution in [0, 0.1) is 0 Å². The lowest BCUT2D eigenvalue weighted by atomic mass is 10.2. The molecule has 0 spiro atoms. The van der Waals surface area contributed by atoms with Gasteiger partial charge in [0.05, 0.1) is 0 Å². The predicted molar refractivity (Wildman–Crippen MR) is 82.0 cm³/mol. The Hall–Kier alpha value is -1.36. The Morgan fingerprint density at radius 3 is 2.85 bits per heavy atom. The van der Waals surface area contributed by atoms with Gasteiger partial charge in [-0.1, -0.05) is 6.92 Å². The van der Waals surface area contributed by atoms with Gasteiger partial charge in [-0.2, -0.15) is 0 Å². The Morgan fingerprint density at radius 2 is 2.15 bits per heavy atom. The summed E-state index contributed by atoms with van der Waals surface area (Å²) in [7, 11) is 2.12. The first-order chi connectivity index (χ1) is 9.67. The van der Waals surface area contributed by atoms with E-state index in [1.807, 2.05) is 6.07 Å². The number of nitrogens with zero attached hydrogens (tertiary/aromatic N) is 4. The molecule has 3 rings (SSSR count). The number of anilines is 2. The van der Waals surface area contributed by atoms with Crippen molar-refractivity contribution in [2.45, 2.75) is 44.6 Å². The number of likely N-dealkylation sites (N-methyl/N-ethyl adjacent to an activating group) is 2. The van der Waals surface area contributed by atoms with Crippen LogP contribution in [0.4, 0.5) is 11.6 Å². The van der Waals surface area contributed by atoms with Gasteiger partial charge in [-0.3, -0.25) is 4.90 Å². The number of likely N-dealkylation sites (tertiary alicyclic amines) is 1. The highest BCUT2D eigenvalue weighted by Crippen LogP contribution is 2.38. The van der Waals surface area contributed by atoms with E-state index in [0.29, 0.717) is 17.8 Å². The van der Waals surface area contributed by atoms with Crippen molar-refractivity contribution >= 4 is 11.6 Å². The van der Waals surface area contributed by atoms with Gasteiger partial charge in [0, 0.05) is 31.6 Å². The number of nitrogens with two attached hydrogens (primary N) is 1. The van der Waals surface area contributed by atoms with Crippen molar-refractivity contribution < 1.29 is 0 Å². The van der Waals surface area contributed by atoms with Gasteiger partial charge in [0.15, 0.2) is 0 Å². The SMILES string of the molecule is CCN1CCCC1CN(C)c1cc(N)nc(C2CC2)n1. The zero-order valence-electron chi connectivity index (χ0n) is 12.5. The van der Waals surface area contributed by atoms with Gasteiger partial charge in [-0.25, -0.2) is 9.97 Å². The molecule has 1 unspecified atom stereocenters. The largest absolute Gasteiger partial charge is 0.384 e. The summed E-state index contributed by atoms with van der Waals surface area (Å²) in [4.78, 5) is 13.9. The summed E-state index contributed by atoms with van der Waals surface area (Å²) >= 11 is 0. The number of aromatic nitrogens is 2. The minimum Gasteiger partial charge on any atom is -0.384 e. The number of nitrogen functional groups attached to an aromatic ring is 1. The monoisotopic (exact) mass is 275 g/mol. The zero-order valence-corrected chi connectivity index (χ0v) is 12.5. The second-order valence-corrected chi connectivity index (χ2v) is 6.09. The van der Waals surface area contributed by atoms with Gasteiger partial charge in [0.25, 0.3) is 0 Å². The van der Waals surface area contributed by atoms with Crippen LogP contribution in [0.3, 0.4) is 0 Å². The van der Waals surface area contributed by atoms with E-state index < -0.39 is 0 Å². The molecule has 0 amide bonds. The van der Waals surface area contributed by atoms with Crippen molar-refractivity contribution in [3.63, 3.8) is 0 Å². The molecule has 2 aliphatic rings. The molecule has 2 fully saturated rings. The smallest absolute Gasteiger partial charge is 0.136 e. The molecule has 1 saturated heterocycles. The molecule has 1 atom stereocenters. The topological polar surface area (TPSA) is 58.3 Å². The molecule has 1 aromatic rings. The maximum Gasteiger partial charge on any atom is 0.136 e. The van der Waals surface area contributed by atoms with Crippen molar-refractivity contribution in [3.05, 3.63) is 11.9 Å². The highest BCUT2D eigenvalue weighted by Gasteiger charge is 2.28. The van der Waals surface area contributed by atoms with E-state index in [1.54, 1.807) is 0 Å². The maximum absolute atomic E-state index is 5.94. The molecule has 2 heterocycles. The Morgan fingerprint density at radius 1 is 1.35 bits per heavy atom. The number of hydrogen-bond acceptors (Lipinski definition) is 5. The summed E-state index contributed by atoms with van der Waals surface area (Å²) in [5.41, 5.74) is 5.94. The first-order valence-corrected chi connectivity index (χ1v) is 7.77. The van der Waals surface area contributed by atoms with Crippen molar-refractivity contribution in [2.75, 3.05) is 37.3 Å². The fourth-order valence-corrected chi connectivity index (χ4v) is 3.12. The fraction of sp³-hybridized carbons (Fsp3) is 0.733. The van der Waals surface area contributed by atoms with Gasteiger partial charge in [0.1, 0.15) is 17.5 Å². The van der Waals surface area contributed by atoms with Gasteiger partial charge < -0.3 is 10.6 Å². The van der Waals surface area contributed by atoms with Crippen LogP contribution in [0.2, 0.25) is 0 Å². The molecule has 1 aliphatic heterocycles. The molecule has 0 radical (unpaired) electrons. The first-order valence-electron chi connectivity index (χ1n) is 7.77. The van der Waals surface area contributed by atoms with E-state index >= 15 is 0 Å². The van der Waals surface area contributed by atoms with Crippen LogP contribution in [0.15, 0.2) is 6.07 Å². The molecule has 0 bridgehead atoms. The molecule has 5 heteroatoms. The minimum absolute atomic E-state index is 0.546. The van der Waals surface area contributed by atoms with Crippen molar-refractivity contribution in [1.29, 1.82) is 0 Å². The van der Waals surface area contributed by atoms with Gasteiger partial charge in [-0.05, 0) is 38.8 Å². The molecule has 1 aliphatic carbocycles. The summed E-state index contributed by atoms with van der Waals surface area (Å²) in [6.45, 7) is 5.63. The normalized spacial score (nSPS) is 23.2. The zero-order chi connectivity index (χ0) is 14.1. The minimum atomic E-state index is 0.546. The van der Waals surface area contributed by atoms with Crippen LogP contribution in [-0.4, -0.2) is 47.6 Å². The average Bonchev–Trinajstić information content (AvgIpc) is 3.19. The highest BCUT2D eigenvalue weighted by molar-refractivity contribution is 5.47. The van der Waals surface area contributed by atoms with E-state index in [4.69, 9.17) is 10.7 Å². The Labute approximate surface area is 121 Å². The maximum atomic E-state index is 5.94. The summed E-state index contributed by atoms with van der Waals surface area (Å²) in [6, 6.07) is 2.54. The molecular formula is C15H25N5. The molecule has 1 saturated carbocycles. The second-order valence-electron chi connectivity index (χ2n) is 6.09. The average molecular weight is 275 g/mol. The van der Waals surface area contributed by atoms with Gasteiger partial charge >= 0.3 is 0 Å². The number of rotatable bonds is 5. The first kappa shape index (κ1) is 13.6. The van der Waals surface area contributed by atoms with E-state index in [-0.39, 0.29) is 0 Å². The Bertz CT molecular complexity index is 471. The predicted octanol–water partition coefficient (Wildman–Crippen LogP) is 1.86. The highest BCUT2D eigenvalue weighted by atomic mass is 15.2. The van der Waals surface area contributed by atoms with Crippen LogP contribution in [0.25, 0.3) is 0 Å². The molecule has 1 aromatic heterocycles. The molecule has 2 N–H and O–H groups in total. The van der Waals surface area contributed by atoms with Crippen LogP contribution in [0.5, 0.6) is 0 Å². The van der Waals surface area contributed by atoms with Crippen molar-refractivity contribution in [1.82, 2.24) is 14.9 Å². The van der Waals surface area contributed by atoms with Gasteiger partial charge in [-0.15, -0.1) is 0 Å². The van der Waals surface area contributed by atoms with Crippen LogP contribution >= 0.6 is 0 Å². The third-order valence-corrected chi connectivity index (χ3v) is 4.47. The lowest BCUT2D eigenvalue weighted by Gasteiger charge is -2.28. The molecule has 5 nitrogen and oxygen atoms in total. The van der Waals surface area contributed by atoms with E-state index in [9.17, 15) is 0 Å². The van der Waals surface area contributed by atoms with Crippen LogP contribution in [0.1, 0.15) is 44.3 Å². The fourth-order valence-electron chi connectivity index (χ4n) is 3.12. The third kappa shape index (κ3) is 2.87.